The minimum atomic E-state index is -3.82. The lowest BCUT2D eigenvalue weighted by Crippen LogP contribution is -2.22. The lowest BCUT2D eigenvalue weighted by Gasteiger charge is -2.15. The van der Waals surface area contributed by atoms with E-state index in [0.717, 1.165) is 11.1 Å². The molecular weight excluding hydrogens is 500 g/mol. The fraction of sp³-hybridized carbons (Fsp3) is 0.231. The topological polar surface area (TPSA) is 129 Å². The molecule has 3 aromatic carbocycles. The Morgan fingerprint density at radius 2 is 1.49 bits per heavy atom. The van der Waals surface area contributed by atoms with Gasteiger partial charge in [-0.3, -0.25) is 9.52 Å². The number of carbonyl (C=O) groups is 2. The molecule has 0 bridgehead atoms. The molecule has 0 atom stereocenters. The molecule has 1 amide bonds. The summed E-state index contributed by atoms with van der Waals surface area (Å²) in [6.07, 6.45) is 0. The SMILES string of the molecule is COC(=O)c1cc(OC)c(OC)cc1NC(=O)COc1ccc(S(=O)(=O)Nc2cc(C)ccc2C)cc1. The van der Waals surface area contributed by atoms with Crippen molar-refractivity contribution >= 4 is 33.3 Å². The van der Waals surface area contributed by atoms with Crippen LogP contribution in [0.3, 0.4) is 0 Å². The fourth-order valence-electron chi connectivity index (χ4n) is 3.36. The van der Waals surface area contributed by atoms with Crippen molar-refractivity contribution < 1.29 is 37.0 Å². The van der Waals surface area contributed by atoms with E-state index in [1.54, 1.807) is 6.07 Å². The summed E-state index contributed by atoms with van der Waals surface area (Å²) < 4.78 is 48.8. The van der Waals surface area contributed by atoms with Crippen LogP contribution in [0, 0.1) is 13.8 Å². The third-order valence-electron chi connectivity index (χ3n) is 5.34. The number of methoxy groups -OCH3 is 3. The number of nitrogens with one attached hydrogen (secondary N) is 2. The molecule has 0 unspecified atom stereocenters. The molecule has 10 nitrogen and oxygen atoms in total. The number of rotatable bonds is 10. The van der Waals surface area contributed by atoms with Gasteiger partial charge in [0.05, 0.1) is 43.2 Å². The van der Waals surface area contributed by atoms with Crippen LogP contribution in [0.1, 0.15) is 21.5 Å². The predicted molar refractivity (Wildman–Crippen MR) is 138 cm³/mol. The Balaban J connectivity index is 1.68. The second-order valence-corrected chi connectivity index (χ2v) is 9.66. The van der Waals surface area contributed by atoms with Crippen LogP contribution in [0.4, 0.5) is 11.4 Å². The first-order valence-electron chi connectivity index (χ1n) is 11.0. The van der Waals surface area contributed by atoms with Crippen molar-refractivity contribution in [1.82, 2.24) is 0 Å². The molecular formula is C26H28N2O8S. The van der Waals surface area contributed by atoms with Crippen molar-refractivity contribution in [2.45, 2.75) is 18.7 Å². The summed E-state index contributed by atoms with van der Waals surface area (Å²) in [5.41, 5.74) is 2.44. The minimum Gasteiger partial charge on any atom is -0.493 e. The number of amides is 1. The zero-order valence-corrected chi connectivity index (χ0v) is 21.9. The molecule has 0 radical (unpaired) electrons. The van der Waals surface area contributed by atoms with Crippen LogP contribution in [0.5, 0.6) is 17.2 Å². The highest BCUT2D eigenvalue weighted by atomic mass is 32.2. The summed E-state index contributed by atoms with van der Waals surface area (Å²) in [4.78, 5) is 24.7. The van der Waals surface area contributed by atoms with E-state index < -0.39 is 28.5 Å². The van der Waals surface area contributed by atoms with Crippen molar-refractivity contribution in [1.29, 1.82) is 0 Å². The molecule has 0 saturated heterocycles. The van der Waals surface area contributed by atoms with Crippen LogP contribution in [0.15, 0.2) is 59.5 Å². The van der Waals surface area contributed by atoms with E-state index in [1.807, 2.05) is 26.0 Å². The molecule has 0 aliphatic heterocycles. The van der Waals surface area contributed by atoms with Crippen LogP contribution >= 0.6 is 0 Å². The van der Waals surface area contributed by atoms with E-state index in [0.29, 0.717) is 17.2 Å². The summed E-state index contributed by atoms with van der Waals surface area (Å²) in [7, 11) is 0.238. The zero-order valence-electron chi connectivity index (χ0n) is 21.1. The van der Waals surface area contributed by atoms with Crippen LogP contribution in [-0.2, 0) is 19.6 Å². The van der Waals surface area contributed by atoms with Gasteiger partial charge in [0.15, 0.2) is 18.1 Å². The molecule has 0 aromatic heterocycles. The van der Waals surface area contributed by atoms with Gasteiger partial charge in [-0.1, -0.05) is 12.1 Å². The van der Waals surface area contributed by atoms with Gasteiger partial charge < -0.3 is 24.3 Å². The smallest absolute Gasteiger partial charge is 0.340 e. The third-order valence-corrected chi connectivity index (χ3v) is 6.73. The number of sulfonamides is 1. The van der Waals surface area contributed by atoms with Gasteiger partial charge in [-0.15, -0.1) is 0 Å². The van der Waals surface area contributed by atoms with Crippen LogP contribution in [-0.4, -0.2) is 48.2 Å². The second-order valence-electron chi connectivity index (χ2n) is 7.98. The molecule has 0 aliphatic carbocycles. The van der Waals surface area contributed by atoms with Gasteiger partial charge >= 0.3 is 5.97 Å². The van der Waals surface area contributed by atoms with Gasteiger partial charge in [0.2, 0.25) is 0 Å². The number of benzene rings is 3. The molecule has 0 aliphatic rings. The highest BCUT2D eigenvalue weighted by Crippen LogP contribution is 2.34. The molecule has 0 fully saturated rings. The number of anilines is 2. The van der Waals surface area contributed by atoms with Crippen molar-refractivity contribution in [3.8, 4) is 17.2 Å². The van der Waals surface area contributed by atoms with Crippen molar-refractivity contribution in [2.75, 3.05) is 38.0 Å². The van der Waals surface area contributed by atoms with Gasteiger partial charge in [-0.25, -0.2) is 13.2 Å². The Labute approximate surface area is 215 Å². The highest BCUT2D eigenvalue weighted by molar-refractivity contribution is 7.92. The first-order valence-corrected chi connectivity index (χ1v) is 12.5. The number of carbonyl (C=O) groups excluding carboxylic acids is 2. The standard InChI is InChI=1S/C26H28N2O8S/c1-16-6-7-17(2)21(12-16)28-37(31,32)19-10-8-18(9-11-19)36-15-25(29)27-22-14-24(34-4)23(33-3)13-20(22)26(30)35-5/h6-14,28H,15H2,1-5H3,(H,27,29). The van der Waals surface area contributed by atoms with Crippen LogP contribution in [0.25, 0.3) is 0 Å². The fourth-order valence-corrected chi connectivity index (χ4v) is 4.48. The van der Waals surface area contributed by atoms with Gasteiger partial charge in [0.1, 0.15) is 5.75 Å². The van der Waals surface area contributed by atoms with E-state index in [4.69, 9.17) is 18.9 Å². The molecule has 11 heteroatoms. The maximum Gasteiger partial charge on any atom is 0.340 e. The number of hydrogen-bond donors (Lipinski definition) is 2. The molecule has 37 heavy (non-hydrogen) atoms. The molecule has 0 heterocycles. The highest BCUT2D eigenvalue weighted by Gasteiger charge is 2.20. The molecule has 3 aromatic rings. The van der Waals surface area contributed by atoms with Gasteiger partial charge in [0, 0.05) is 12.1 Å². The van der Waals surface area contributed by atoms with Crippen molar-refractivity contribution in [3.05, 3.63) is 71.3 Å². The number of aryl methyl sites for hydroxylation is 2. The lowest BCUT2D eigenvalue weighted by atomic mass is 10.1. The summed E-state index contributed by atoms with van der Waals surface area (Å²) in [6, 6.07) is 14.0. The third kappa shape index (κ3) is 6.70. The van der Waals surface area contributed by atoms with E-state index in [1.165, 1.54) is 57.7 Å². The normalized spacial score (nSPS) is 10.8. The Morgan fingerprint density at radius 3 is 2.11 bits per heavy atom. The summed E-state index contributed by atoms with van der Waals surface area (Å²) in [5.74, 6) is -0.368. The summed E-state index contributed by atoms with van der Waals surface area (Å²) in [6.45, 7) is 3.29. The van der Waals surface area contributed by atoms with E-state index in [9.17, 15) is 18.0 Å². The van der Waals surface area contributed by atoms with Crippen molar-refractivity contribution in [2.24, 2.45) is 0 Å². The van der Waals surface area contributed by atoms with E-state index in [2.05, 4.69) is 10.0 Å². The maximum absolute atomic E-state index is 12.8. The first-order chi connectivity index (χ1) is 17.6. The lowest BCUT2D eigenvalue weighted by molar-refractivity contribution is -0.118. The number of esters is 1. The van der Waals surface area contributed by atoms with E-state index >= 15 is 0 Å². The second kappa shape index (κ2) is 11.7. The average molecular weight is 529 g/mol. The Hall–Kier alpha value is -4.25. The number of ether oxygens (including phenoxy) is 4. The monoisotopic (exact) mass is 528 g/mol. The molecule has 0 saturated carbocycles. The molecule has 2 N–H and O–H groups in total. The van der Waals surface area contributed by atoms with Gasteiger partial charge in [0.25, 0.3) is 15.9 Å². The van der Waals surface area contributed by atoms with Crippen molar-refractivity contribution in [3.63, 3.8) is 0 Å². The quantitative estimate of drug-likeness (QED) is 0.379. The van der Waals surface area contributed by atoms with Gasteiger partial charge in [-0.05, 0) is 55.3 Å². The summed E-state index contributed by atoms with van der Waals surface area (Å²) in [5, 5.41) is 2.59. The maximum atomic E-state index is 12.8. The largest absolute Gasteiger partial charge is 0.493 e. The minimum absolute atomic E-state index is 0.0401. The zero-order chi connectivity index (χ0) is 27.2. The van der Waals surface area contributed by atoms with Gasteiger partial charge in [-0.2, -0.15) is 0 Å². The summed E-state index contributed by atoms with van der Waals surface area (Å²) >= 11 is 0. The Kier molecular flexibility index (Phi) is 8.61. The first kappa shape index (κ1) is 27.3. The van der Waals surface area contributed by atoms with E-state index in [-0.39, 0.29) is 21.9 Å². The number of hydrogen-bond acceptors (Lipinski definition) is 8. The Bertz CT molecular complexity index is 1400. The molecule has 3 rings (SSSR count). The van der Waals surface area contributed by atoms with Crippen LogP contribution < -0.4 is 24.2 Å². The molecule has 0 spiro atoms. The van der Waals surface area contributed by atoms with Crippen LogP contribution in [0.2, 0.25) is 0 Å². The molecule has 196 valence electrons. The Morgan fingerprint density at radius 1 is 0.838 bits per heavy atom. The average Bonchev–Trinajstić information content (AvgIpc) is 2.88. The predicted octanol–water partition coefficient (Wildman–Crippen LogP) is 3.93.